The summed E-state index contributed by atoms with van der Waals surface area (Å²) in [7, 11) is 0. The molecule has 0 fully saturated rings. The van der Waals surface area contributed by atoms with Crippen LogP contribution in [0.5, 0.6) is 0 Å². The van der Waals surface area contributed by atoms with E-state index in [9.17, 15) is 4.39 Å². The average Bonchev–Trinajstić information content (AvgIpc) is 2.37. The van der Waals surface area contributed by atoms with E-state index >= 15 is 0 Å². The van der Waals surface area contributed by atoms with Crippen LogP contribution < -0.4 is 5.73 Å². The highest BCUT2D eigenvalue weighted by Gasteiger charge is 2.13. The van der Waals surface area contributed by atoms with Crippen molar-refractivity contribution >= 4 is 0 Å². The Morgan fingerprint density at radius 2 is 2.00 bits per heavy atom. The number of benzene rings is 1. The second-order valence-corrected chi connectivity index (χ2v) is 5.03. The Hall–Kier alpha value is -0.930. The molecule has 1 aromatic carbocycles. The molecule has 2 atom stereocenters. The Morgan fingerprint density at radius 3 is 2.56 bits per heavy atom. The largest absolute Gasteiger partial charge is 0.323 e. The summed E-state index contributed by atoms with van der Waals surface area (Å²) in [6.45, 7) is 9.40. The maximum atomic E-state index is 13.1. The number of nitrogens with zero attached hydrogens (tertiary/aromatic N) is 1. The summed E-state index contributed by atoms with van der Waals surface area (Å²) in [5.41, 5.74) is 7.02. The number of likely N-dealkylation sites (N-methyl/N-ethyl adjacent to an activating group) is 1. The molecular weight excluding hydrogens is 227 g/mol. The maximum Gasteiger partial charge on any atom is 0.123 e. The Balaban J connectivity index is 2.59. The molecule has 0 aliphatic rings. The third-order valence-corrected chi connectivity index (χ3v) is 3.45. The number of rotatable bonds is 7. The van der Waals surface area contributed by atoms with Crippen LogP contribution in [-0.4, -0.2) is 24.5 Å². The smallest absolute Gasteiger partial charge is 0.123 e. The lowest BCUT2D eigenvalue weighted by Gasteiger charge is -2.26. The van der Waals surface area contributed by atoms with Gasteiger partial charge in [0.05, 0.1) is 0 Å². The van der Waals surface area contributed by atoms with Gasteiger partial charge in [-0.3, -0.25) is 0 Å². The van der Waals surface area contributed by atoms with Crippen molar-refractivity contribution < 1.29 is 4.39 Å². The second kappa shape index (κ2) is 7.49. The SMILES string of the molecule is CCC(C)CN(CC)CC(N)c1cccc(F)c1. The first-order chi connectivity index (χ1) is 8.56. The number of hydrogen-bond donors (Lipinski definition) is 1. The molecule has 1 rings (SSSR count). The van der Waals surface area contributed by atoms with E-state index in [0.29, 0.717) is 5.92 Å². The molecule has 0 aliphatic heterocycles. The van der Waals surface area contributed by atoms with Gasteiger partial charge in [-0.15, -0.1) is 0 Å². The Morgan fingerprint density at radius 1 is 1.28 bits per heavy atom. The minimum Gasteiger partial charge on any atom is -0.323 e. The van der Waals surface area contributed by atoms with Gasteiger partial charge in [-0.25, -0.2) is 4.39 Å². The van der Waals surface area contributed by atoms with E-state index in [1.165, 1.54) is 18.6 Å². The van der Waals surface area contributed by atoms with Crippen molar-refractivity contribution in [3.8, 4) is 0 Å². The van der Waals surface area contributed by atoms with E-state index in [1.807, 2.05) is 6.07 Å². The molecule has 0 saturated carbocycles. The van der Waals surface area contributed by atoms with Gasteiger partial charge in [-0.2, -0.15) is 0 Å². The summed E-state index contributed by atoms with van der Waals surface area (Å²) < 4.78 is 13.1. The van der Waals surface area contributed by atoms with Crippen LogP contribution in [0.15, 0.2) is 24.3 Å². The van der Waals surface area contributed by atoms with Crippen molar-refractivity contribution in [1.29, 1.82) is 0 Å². The van der Waals surface area contributed by atoms with Gasteiger partial charge in [0.1, 0.15) is 5.82 Å². The fourth-order valence-corrected chi connectivity index (χ4v) is 2.02. The van der Waals surface area contributed by atoms with Crippen LogP contribution in [-0.2, 0) is 0 Å². The molecule has 0 aromatic heterocycles. The zero-order valence-electron chi connectivity index (χ0n) is 11.7. The molecule has 0 heterocycles. The summed E-state index contributed by atoms with van der Waals surface area (Å²) in [6.07, 6.45) is 1.17. The van der Waals surface area contributed by atoms with Crippen LogP contribution in [0, 0.1) is 11.7 Å². The minimum absolute atomic E-state index is 0.121. The van der Waals surface area contributed by atoms with Crippen LogP contribution in [0.3, 0.4) is 0 Å². The van der Waals surface area contributed by atoms with Gasteiger partial charge in [0.15, 0.2) is 0 Å². The Kier molecular flexibility index (Phi) is 6.30. The van der Waals surface area contributed by atoms with Crippen molar-refractivity contribution in [1.82, 2.24) is 4.90 Å². The fraction of sp³-hybridized carbons (Fsp3) is 0.600. The van der Waals surface area contributed by atoms with Gasteiger partial charge in [0.25, 0.3) is 0 Å². The molecule has 2 nitrogen and oxygen atoms in total. The van der Waals surface area contributed by atoms with Gasteiger partial charge in [-0.1, -0.05) is 39.3 Å². The molecule has 102 valence electrons. The van der Waals surface area contributed by atoms with Crippen molar-refractivity contribution in [2.45, 2.75) is 33.2 Å². The van der Waals surface area contributed by atoms with E-state index in [0.717, 1.165) is 25.2 Å². The minimum atomic E-state index is -0.215. The van der Waals surface area contributed by atoms with Gasteiger partial charge in [-0.05, 0) is 30.2 Å². The third kappa shape index (κ3) is 4.75. The standard InChI is InChI=1S/C15H25FN2/c1-4-12(3)10-18(5-2)11-15(17)13-7-6-8-14(16)9-13/h6-9,12,15H,4-5,10-11,17H2,1-3H3. The Labute approximate surface area is 110 Å². The molecule has 0 aliphatic carbocycles. The highest BCUT2D eigenvalue weighted by Crippen LogP contribution is 2.14. The van der Waals surface area contributed by atoms with Crippen molar-refractivity contribution in [2.24, 2.45) is 11.7 Å². The van der Waals surface area contributed by atoms with E-state index in [2.05, 4.69) is 25.7 Å². The first-order valence-corrected chi connectivity index (χ1v) is 6.80. The van der Waals surface area contributed by atoms with Crippen LogP contribution >= 0.6 is 0 Å². The van der Waals surface area contributed by atoms with Crippen molar-refractivity contribution in [2.75, 3.05) is 19.6 Å². The lowest BCUT2D eigenvalue weighted by molar-refractivity contribution is 0.232. The predicted octanol–water partition coefficient (Wildman–Crippen LogP) is 3.19. The van der Waals surface area contributed by atoms with E-state index in [4.69, 9.17) is 5.73 Å². The predicted molar refractivity (Wildman–Crippen MR) is 74.9 cm³/mol. The molecule has 2 unspecified atom stereocenters. The van der Waals surface area contributed by atoms with E-state index < -0.39 is 0 Å². The molecule has 3 heteroatoms. The summed E-state index contributed by atoms with van der Waals surface area (Å²) in [5, 5.41) is 0. The van der Waals surface area contributed by atoms with Crippen LogP contribution in [0.25, 0.3) is 0 Å². The van der Waals surface area contributed by atoms with Gasteiger partial charge in [0, 0.05) is 19.1 Å². The average molecular weight is 252 g/mol. The topological polar surface area (TPSA) is 29.3 Å². The zero-order chi connectivity index (χ0) is 13.5. The van der Waals surface area contributed by atoms with Gasteiger partial charge >= 0.3 is 0 Å². The maximum absolute atomic E-state index is 13.1. The first-order valence-electron chi connectivity index (χ1n) is 6.80. The summed E-state index contributed by atoms with van der Waals surface area (Å²) >= 11 is 0. The van der Waals surface area contributed by atoms with Gasteiger partial charge < -0.3 is 10.6 Å². The lowest BCUT2D eigenvalue weighted by atomic mass is 10.1. The Bertz CT molecular complexity index is 354. The zero-order valence-corrected chi connectivity index (χ0v) is 11.7. The van der Waals surface area contributed by atoms with E-state index in [-0.39, 0.29) is 11.9 Å². The molecule has 2 N–H and O–H groups in total. The highest BCUT2D eigenvalue weighted by atomic mass is 19.1. The van der Waals surface area contributed by atoms with Crippen LogP contribution in [0.1, 0.15) is 38.8 Å². The first kappa shape index (κ1) is 15.1. The number of hydrogen-bond acceptors (Lipinski definition) is 2. The molecule has 0 bridgehead atoms. The van der Waals surface area contributed by atoms with Crippen LogP contribution in [0.4, 0.5) is 4.39 Å². The number of halogens is 1. The van der Waals surface area contributed by atoms with Gasteiger partial charge in [0.2, 0.25) is 0 Å². The molecule has 0 amide bonds. The molecule has 0 radical (unpaired) electrons. The van der Waals surface area contributed by atoms with Crippen LogP contribution in [0.2, 0.25) is 0 Å². The summed E-state index contributed by atoms with van der Waals surface area (Å²) in [6, 6.07) is 6.47. The summed E-state index contributed by atoms with van der Waals surface area (Å²) in [5.74, 6) is 0.456. The molecule has 18 heavy (non-hydrogen) atoms. The normalized spacial score (nSPS) is 14.8. The fourth-order valence-electron chi connectivity index (χ4n) is 2.02. The number of nitrogens with two attached hydrogens (primary N) is 1. The molecule has 1 aromatic rings. The molecular formula is C15H25FN2. The highest BCUT2D eigenvalue weighted by molar-refractivity contribution is 5.20. The van der Waals surface area contributed by atoms with Crippen molar-refractivity contribution in [3.05, 3.63) is 35.6 Å². The van der Waals surface area contributed by atoms with Crippen molar-refractivity contribution in [3.63, 3.8) is 0 Å². The summed E-state index contributed by atoms with van der Waals surface area (Å²) in [4.78, 5) is 2.34. The van der Waals surface area contributed by atoms with E-state index in [1.54, 1.807) is 6.07 Å². The quantitative estimate of drug-likeness (QED) is 0.807. The monoisotopic (exact) mass is 252 g/mol. The lowest BCUT2D eigenvalue weighted by Crippen LogP contribution is -2.35. The third-order valence-electron chi connectivity index (χ3n) is 3.45. The molecule has 0 spiro atoms. The second-order valence-electron chi connectivity index (χ2n) is 5.03. The molecule has 0 saturated heterocycles.